The molecule has 3 heteroatoms. The van der Waals surface area contributed by atoms with Gasteiger partial charge in [0.25, 0.3) is 0 Å². The Morgan fingerprint density at radius 3 is 2.86 bits per heavy atom. The third-order valence-corrected chi connectivity index (χ3v) is 2.96. The second-order valence-electron chi connectivity index (χ2n) is 4.11. The van der Waals surface area contributed by atoms with E-state index in [0.717, 1.165) is 22.6 Å². The van der Waals surface area contributed by atoms with Crippen LogP contribution in [0.3, 0.4) is 0 Å². The van der Waals surface area contributed by atoms with Crippen molar-refractivity contribution in [1.82, 2.24) is 9.88 Å². The van der Waals surface area contributed by atoms with Crippen LogP contribution in [0, 0.1) is 5.92 Å². The van der Waals surface area contributed by atoms with Crippen LogP contribution in [0.5, 0.6) is 0 Å². The summed E-state index contributed by atoms with van der Waals surface area (Å²) in [6, 6.07) is 4.13. The van der Waals surface area contributed by atoms with Gasteiger partial charge in [-0.25, -0.2) is 0 Å². The quantitative estimate of drug-likeness (QED) is 0.822. The molecule has 1 aromatic heterocycles. The third-order valence-electron chi connectivity index (χ3n) is 2.49. The third kappa shape index (κ3) is 3.07. The van der Waals surface area contributed by atoms with E-state index in [9.17, 15) is 0 Å². The molecule has 0 spiro atoms. The SMILES string of the molecule is CN(Cc1ccc(Br)cn1)CC1CC1. The second-order valence-corrected chi connectivity index (χ2v) is 5.02. The predicted molar refractivity (Wildman–Crippen MR) is 61.0 cm³/mol. The summed E-state index contributed by atoms with van der Waals surface area (Å²) in [5.41, 5.74) is 1.15. The molecule has 1 aliphatic carbocycles. The molecule has 1 heterocycles. The molecule has 0 N–H and O–H groups in total. The fourth-order valence-electron chi connectivity index (χ4n) is 1.58. The lowest BCUT2D eigenvalue weighted by molar-refractivity contribution is 0.309. The summed E-state index contributed by atoms with van der Waals surface area (Å²) in [6.45, 7) is 2.18. The highest BCUT2D eigenvalue weighted by molar-refractivity contribution is 9.10. The normalized spacial score (nSPS) is 16.2. The van der Waals surface area contributed by atoms with Crippen LogP contribution in [0.1, 0.15) is 18.5 Å². The van der Waals surface area contributed by atoms with Gasteiger partial charge in [-0.1, -0.05) is 0 Å². The van der Waals surface area contributed by atoms with Crippen LogP contribution >= 0.6 is 15.9 Å². The van der Waals surface area contributed by atoms with Crippen molar-refractivity contribution in [3.63, 3.8) is 0 Å². The van der Waals surface area contributed by atoms with Gasteiger partial charge < -0.3 is 4.90 Å². The largest absolute Gasteiger partial charge is 0.300 e. The molecule has 0 atom stereocenters. The number of pyridine rings is 1. The Kier molecular flexibility index (Phi) is 3.19. The van der Waals surface area contributed by atoms with Gasteiger partial charge >= 0.3 is 0 Å². The minimum Gasteiger partial charge on any atom is -0.300 e. The molecule has 1 saturated carbocycles. The van der Waals surface area contributed by atoms with E-state index >= 15 is 0 Å². The van der Waals surface area contributed by atoms with Gasteiger partial charge in [0.15, 0.2) is 0 Å². The van der Waals surface area contributed by atoms with E-state index in [1.54, 1.807) is 0 Å². The van der Waals surface area contributed by atoms with Crippen LogP contribution in [0.15, 0.2) is 22.8 Å². The lowest BCUT2D eigenvalue weighted by Gasteiger charge is -2.15. The maximum absolute atomic E-state index is 4.36. The van der Waals surface area contributed by atoms with E-state index in [2.05, 4.69) is 38.9 Å². The van der Waals surface area contributed by atoms with E-state index in [1.807, 2.05) is 12.3 Å². The van der Waals surface area contributed by atoms with Crippen molar-refractivity contribution in [3.8, 4) is 0 Å². The molecule has 0 radical (unpaired) electrons. The molecule has 1 fully saturated rings. The van der Waals surface area contributed by atoms with Crippen LogP contribution in [-0.2, 0) is 6.54 Å². The van der Waals surface area contributed by atoms with Gasteiger partial charge in [0, 0.05) is 23.8 Å². The fraction of sp³-hybridized carbons (Fsp3) is 0.545. The van der Waals surface area contributed by atoms with E-state index in [1.165, 1.54) is 19.4 Å². The van der Waals surface area contributed by atoms with Crippen LogP contribution in [-0.4, -0.2) is 23.5 Å². The summed E-state index contributed by atoms with van der Waals surface area (Å²) >= 11 is 3.39. The van der Waals surface area contributed by atoms with Crippen molar-refractivity contribution in [3.05, 3.63) is 28.5 Å². The Morgan fingerprint density at radius 2 is 2.29 bits per heavy atom. The molecule has 0 bridgehead atoms. The number of hydrogen-bond donors (Lipinski definition) is 0. The Morgan fingerprint density at radius 1 is 1.50 bits per heavy atom. The molecule has 1 aromatic rings. The molecule has 0 unspecified atom stereocenters. The summed E-state index contributed by atoms with van der Waals surface area (Å²) in [4.78, 5) is 6.71. The Labute approximate surface area is 93.5 Å². The molecule has 1 aliphatic rings. The summed E-state index contributed by atoms with van der Waals surface area (Å²) in [7, 11) is 2.17. The van der Waals surface area contributed by atoms with Crippen LogP contribution in [0.4, 0.5) is 0 Å². The van der Waals surface area contributed by atoms with Crippen molar-refractivity contribution in [2.24, 2.45) is 5.92 Å². The maximum Gasteiger partial charge on any atom is 0.0544 e. The first-order valence-electron chi connectivity index (χ1n) is 5.03. The zero-order valence-electron chi connectivity index (χ0n) is 8.41. The van der Waals surface area contributed by atoms with Crippen LogP contribution < -0.4 is 0 Å². The van der Waals surface area contributed by atoms with Gasteiger partial charge in [0.2, 0.25) is 0 Å². The molecule has 0 saturated heterocycles. The monoisotopic (exact) mass is 254 g/mol. The molecule has 0 aliphatic heterocycles. The number of halogens is 1. The summed E-state index contributed by atoms with van der Waals surface area (Å²) in [5.74, 6) is 0.954. The zero-order valence-corrected chi connectivity index (χ0v) is 10.00. The van der Waals surface area contributed by atoms with Gasteiger partial charge in [-0.2, -0.15) is 0 Å². The van der Waals surface area contributed by atoms with Crippen LogP contribution in [0.25, 0.3) is 0 Å². The maximum atomic E-state index is 4.36. The molecule has 2 nitrogen and oxygen atoms in total. The number of rotatable bonds is 4. The Balaban J connectivity index is 1.85. The average Bonchev–Trinajstić information content (AvgIpc) is 2.93. The van der Waals surface area contributed by atoms with E-state index in [-0.39, 0.29) is 0 Å². The van der Waals surface area contributed by atoms with Gasteiger partial charge in [-0.15, -0.1) is 0 Å². The van der Waals surface area contributed by atoms with E-state index < -0.39 is 0 Å². The minimum atomic E-state index is 0.954. The number of hydrogen-bond acceptors (Lipinski definition) is 2. The van der Waals surface area contributed by atoms with Crippen molar-refractivity contribution in [2.75, 3.05) is 13.6 Å². The number of nitrogens with zero attached hydrogens (tertiary/aromatic N) is 2. The Hall–Kier alpha value is -0.410. The first-order chi connectivity index (χ1) is 6.74. The lowest BCUT2D eigenvalue weighted by atomic mass is 10.3. The number of aromatic nitrogens is 1. The standard InChI is InChI=1S/C11H15BrN2/c1-14(7-9-2-3-9)8-11-5-4-10(12)6-13-11/h4-6,9H,2-3,7-8H2,1H3. The smallest absolute Gasteiger partial charge is 0.0544 e. The van der Waals surface area contributed by atoms with Gasteiger partial charge in [0.1, 0.15) is 0 Å². The summed E-state index contributed by atoms with van der Waals surface area (Å²) in [6.07, 6.45) is 4.69. The minimum absolute atomic E-state index is 0.954. The van der Waals surface area contributed by atoms with Crippen molar-refractivity contribution in [1.29, 1.82) is 0 Å². The predicted octanol–water partition coefficient (Wildman–Crippen LogP) is 2.69. The topological polar surface area (TPSA) is 16.1 Å². The molecular formula is C11H15BrN2. The molecule has 0 amide bonds. The average molecular weight is 255 g/mol. The Bertz CT molecular complexity index is 293. The molecule has 2 rings (SSSR count). The fourth-order valence-corrected chi connectivity index (χ4v) is 1.82. The van der Waals surface area contributed by atoms with Crippen molar-refractivity contribution < 1.29 is 0 Å². The van der Waals surface area contributed by atoms with Crippen molar-refractivity contribution >= 4 is 15.9 Å². The van der Waals surface area contributed by atoms with E-state index in [0.29, 0.717) is 0 Å². The summed E-state index contributed by atoms with van der Waals surface area (Å²) in [5, 5.41) is 0. The van der Waals surface area contributed by atoms with Crippen LogP contribution in [0.2, 0.25) is 0 Å². The van der Waals surface area contributed by atoms with E-state index in [4.69, 9.17) is 0 Å². The first kappa shape index (κ1) is 10.1. The van der Waals surface area contributed by atoms with Gasteiger partial charge in [-0.3, -0.25) is 4.98 Å². The van der Waals surface area contributed by atoms with Gasteiger partial charge in [0.05, 0.1) is 5.69 Å². The molecule has 0 aromatic carbocycles. The highest BCUT2D eigenvalue weighted by Crippen LogP contribution is 2.29. The summed E-state index contributed by atoms with van der Waals surface area (Å²) < 4.78 is 1.05. The first-order valence-corrected chi connectivity index (χ1v) is 5.82. The van der Waals surface area contributed by atoms with Gasteiger partial charge in [-0.05, 0) is 53.9 Å². The zero-order chi connectivity index (χ0) is 9.97. The second kappa shape index (κ2) is 4.41. The molecular weight excluding hydrogens is 240 g/mol. The molecule has 76 valence electrons. The lowest BCUT2D eigenvalue weighted by Crippen LogP contribution is -2.20. The highest BCUT2D eigenvalue weighted by atomic mass is 79.9. The van der Waals surface area contributed by atoms with Crippen molar-refractivity contribution in [2.45, 2.75) is 19.4 Å². The molecule has 14 heavy (non-hydrogen) atoms. The highest BCUT2D eigenvalue weighted by Gasteiger charge is 2.22.